The lowest BCUT2D eigenvalue weighted by atomic mass is 10.2. The summed E-state index contributed by atoms with van der Waals surface area (Å²) in [4.78, 5) is 8.66. The summed E-state index contributed by atoms with van der Waals surface area (Å²) in [6, 6.07) is 6.04. The Balaban J connectivity index is 0.000000531. The highest BCUT2D eigenvalue weighted by Crippen LogP contribution is 2.20. The van der Waals surface area contributed by atoms with E-state index in [0.29, 0.717) is 0 Å². The predicted molar refractivity (Wildman–Crippen MR) is 68.1 cm³/mol. The van der Waals surface area contributed by atoms with Gasteiger partial charge in [0.15, 0.2) is 0 Å². The molecule has 0 amide bonds. The molecule has 2 nitrogen and oxygen atoms in total. The number of hydrogen-bond donors (Lipinski definition) is 0. The van der Waals surface area contributed by atoms with E-state index in [0.717, 1.165) is 26.9 Å². The number of rotatable bonds is 0. The molecule has 15 heavy (non-hydrogen) atoms. The van der Waals surface area contributed by atoms with E-state index in [9.17, 15) is 0 Å². The zero-order chi connectivity index (χ0) is 11.4. The summed E-state index contributed by atoms with van der Waals surface area (Å²) < 4.78 is 1.07. The molecule has 0 saturated carbocycles. The molecule has 1 aromatic carbocycles. The van der Waals surface area contributed by atoms with E-state index in [-0.39, 0.29) is 0 Å². The Kier molecular flexibility index (Phi) is 4.21. The van der Waals surface area contributed by atoms with Crippen LogP contribution in [0.2, 0.25) is 0 Å². The van der Waals surface area contributed by atoms with Crippen LogP contribution in [0.5, 0.6) is 0 Å². The molecule has 0 radical (unpaired) electrons. The van der Waals surface area contributed by atoms with E-state index in [2.05, 4.69) is 25.9 Å². The van der Waals surface area contributed by atoms with Gasteiger partial charge in [0.1, 0.15) is 5.82 Å². The Bertz CT molecular complexity index is 466. The molecule has 2 aromatic rings. The number of halogens is 1. The minimum Gasteiger partial charge on any atom is -0.238 e. The fraction of sp³-hybridized carbons (Fsp3) is 0.333. The first-order valence-corrected chi connectivity index (χ1v) is 5.86. The largest absolute Gasteiger partial charge is 0.238 e. The molecule has 2 rings (SSSR count). The quantitative estimate of drug-likeness (QED) is 0.720. The van der Waals surface area contributed by atoms with Gasteiger partial charge >= 0.3 is 0 Å². The number of benzene rings is 1. The summed E-state index contributed by atoms with van der Waals surface area (Å²) in [6.07, 6.45) is 0. The number of fused-ring (bicyclic) bond motifs is 1. The van der Waals surface area contributed by atoms with Gasteiger partial charge in [-0.15, -0.1) is 0 Å². The van der Waals surface area contributed by atoms with Gasteiger partial charge in [-0.3, -0.25) is 0 Å². The molecule has 0 atom stereocenters. The van der Waals surface area contributed by atoms with Gasteiger partial charge in [0.2, 0.25) is 0 Å². The lowest BCUT2D eigenvalue weighted by Gasteiger charge is -2.02. The molecule has 0 spiro atoms. The van der Waals surface area contributed by atoms with Crippen molar-refractivity contribution in [3.63, 3.8) is 0 Å². The Morgan fingerprint density at radius 2 is 1.73 bits per heavy atom. The number of hydrogen-bond acceptors (Lipinski definition) is 2. The Labute approximate surface area is 98.9 Å². The van der Waals surface area contributed by atoms with Gasteiger partial charge in [-0.25, -0.2) is 9.97 Å². The minimum absolute atomic E-state index is 0.826. The molecule has 0 aliphatic heterocycles. The van der Waals surface area contributed by atoms with E-state index in [1.54, 1.807) is 0 Å². The third-order valence-electron chi connectivity index (χ3n) is 1.96. The molecule has 0 aliphatic carbocycles. The molecule has 80 valence electrons. The van der Waals surface area contributed by atoms with Gasteiger partial charge in [-0.1, -0.05) is 29.8 Å². The third-order valence-corrected chi connectivity index (χ3v) is 2.45. The van der Waals surface area contributed by atoms with E-state index in [4.69, 9.17) is 0 Å². The van der Waals surface area contributed by atoms with Gasteiger partial charge in [0.25, 0.3) is 0 Å². The maximum Gasteiger partial charge on any atom is 0.126 e. The van der Waals surface area contributed by atoms with Gasteiger partial charge in [-0.05, 0) is 32.0 Å². The molecular formula is C12H15BrN2. The second-order valence-corrected chi connectivity index (χ2v) is 3.93. The fourth-order valence-electron chi connectivity index (χ4n) is 1.40. The molecule has 0 fully saturated rings. The molecule has 0 unspecified atom stereocenters. The van der Waals surface area contributed by atoms with Crippen LogP contribution < -0.4 is 0 Å². The molecule has 0 bridgehead atoms. The van der Waals surface area contributed by atoms with Crippen LogP contribution in [-0.2, 0) is 0 Å². The van der Waals surface area contributed by atoms with Gasteiger partial charge in [0.05, 0.1) is 5.52 Å². The molecule has 0 saturated heterocycles. The first kappa shape index (κ1) is 12.1. The van der Waals surface area contributed by atoms with Crippen molar-refractivity contribution < 1.29 is 0 Å². The van der Waals surface area contributed by atoms with E-state index in [1.165, 1.54) is 0 Å². The second kappa shape index (κ2) is 5.21. The van der Waals surface area contributed by atoms with Crippen LogP contribution >= 0.6 is 15.9 Å². The molecular weight excluding hydrogens is 252 g/mol. The average molecular weight is 267 g/mol. The third kappa shape index (κ3) is 2.75. The van der Waals surface area contributed by atoms with Gasteiger partial charge in [0, 0.05) is 15.6 Å². The second-order valence-electron chi connectivity index (χ2n) is 3.02. The number of nitrogens with zero attached hydrogens (tertiary/aromatic N) is 2. The average Bonchev–Trinajstić information content (AvgIpc) is 2.22. The van der Waals surface area contributed by atoms with E-state index in [1.807, 2.05) is 45.9 Å². The maximum atomic E-state index is 4.35. The van der Waals surface area contributed by atoms with Crippen LogP contribution in [0.25, 0.3) is 10.9 Å². The summed E-state index contributed by atoms with van der Waals surface area (Å²) in [5, 5.41) is 1.11. The number of aryl methyl sites for hydroxylation is 2. The van der Waals surface area contributed by atoms with Gasteiger partial charge < -0.3 is 0 Å². The summed E-state index contributed by atoms with van der Waals surface area (Å²) in [5.74, 6) is 0.826. The van der Waals surface area contributed by atoms with Crippen molar-refractivity contribution in [3.8, 4) is 0 Å². The molecule has 1 heterocycles. The summed E-state index contributed by atoms with van der Waals surface area (Å²) in [7, 11) is 0. The van der Waals surface area contributed by atoms with Crippen LogP contribution in [0.1, 0.15) is 25.4 Å². The summed E-state index contributed by atoms with van der Waals surface area (Å²) in [6.45, 7) is 7.91. The van der Waals surface area contributed by atoms with Gasteiger partial charge in [-0.2, -0.15) is 0 Å². The van der Waals surface area contributed by atoms with Crippen LogP contribution in [0, 0.1) is 13.8 Å². The zero-order valence-electron chi connectivity index (χ0n) is 9.50. The fourth-order valence-corrected chi connectivity index (χ4v) is 1.76. The lowest BCUT2D eigenvalue weighted by molar-refractivity contribution is 1.05. The molecule has 0 N–H and O–H groups in total. The van der Waals surface area contributed by atoms with Crippen LogP contribution in [-0.4, -0.2) is 9.97 Å². The molecule has 3 heteroatoms. The zero-order valence-corrected chi connectivity index (χ0v) is 11.1. The first-order chi connectivity index (χ1) is 7.16. The minimum atomic E-state index is 0.826. The van der Waals surface area contributed by atoms with Crippen molar-refractivity contribution in [1.82, 2.24) is 9.97 Å². The van der Waals surface area contributed by atoms with Crippen molar-refractivity contribution in [2.24, 2.45) is 0 Å². The van der Waals surface area contributed by atoms with E-state index >= 15 is 0 Å². The Morgan fingerprint density at radius 1 is 1.07 bits per heavy atom. The highest BCUT2D eigenvalue weighted by molar-refractivity contribution is 9.10. The van der Waals surface area contributed by atoms with Crippen molar-refractivity contribution in [2.45, 2.75) is 27.7 Å². The Morgan fingerprint density at radius 3 is 2.40 bits per heavy atom. The summed E-state index contributed by atoms with van der Waals surface area (Å²) in [5.41, 5.74) is 2.04. The SMILES string of the molecule is CC.Cc1nc(C)c2cc(Br)ccc2n1. The topological polar surface area (TPSA) is 25.8 Å². The van der Waals surface area contributed by atoms with E-state index < -0.39 is 0 Å². The monoisotopic (exact) mass is 266 g/mol. The Hall–Kier alpha value is -0.960. The smallest absolute Gasteiger partial charge is 0.126 e. The van der Waals surface area contributed by atoms with Crippen molar-refractivity contribution in [1.29, 1.82) is 0 Å². The lowest BCUT2D eigenvalue weighted by Crippen LogP contribution is -1.92. The van der Waals surface area contributed by atoms with Crippen molar-refractivity contribution in [2.75, 3.05) is 0 Å². The highest BCUT2D eigenvalue weighted by atomic mass is 79.9. The maximum absolute atomic E-state index is 4.35. The molecule has 0 aliphatic rings. The van der Waals surface area contributed by atoms with Crippen molar-refractivity contribution in [3.05, 3.63) is 34.2 Å². The predicted octanol–water partition coefficient (Wildman–Crippen LogP) is 4.04. The first-order valence-electron chi connectivity index (χ1n) is 5.07. The van der Waals surface area contributed by atoms with Crippen LogP contribution in [0.15, 0.2) is 22.7 Å². The van der Waals surface area contributed by atoms with Crippen LogP contribution in [0.4, 0.5) is 0 Å². The van der Waals surface area contributed by atoms with Crippen molar-refractivity contribution >= 4 is 26.8 Å². The number of aromatic nitrogens is 2. The molecule has 1 aromatic heterocycles. The van der Waals surface area contributed by atoms with Crippen LogP contribution in [0.3, 0.4) is 0 Å². The normalized spacial score (nSPS) is 9.67. The summed E-state index contributed by atoms with van der Waals surface area (Å²) >= 11 is 3.43. The standard InChI is InChI=1S/C10H9BrN2.C2H6/c1-6-9-5-8(11)3-4-10(9)13-7(2)12-6;1-2/h3-5H,1-2H3;1-2H3. The highest BCUT2D eigenvalue weighted by Gasteiger charge is 2.01.